The lowest BCUT2D eigenvalue weighted by Crippen LogP contribution is -2.34. The Labute approximate surface area is 430 Å². The molecule has 3 aliphatic carbocycles. The van der Waals surface area contributed by atoms with E-state index in [1.807, 2.05) is 0 Å². The minimum absolute atomic E-state index is 0.00214. The van der Waals surface area contributed by atoms with Crippen molar-refractivity contribution in [3.8, 4) is 0 Å². The lowest BCUT2D eigenvalue weighted by molar-refractivity contribution is 0.668. The molecule has 15 rings (SSSR count). The summed E-state index contributed by atoms with van der Waals surface area (Å²) in [5.74, 6) is 0. The van der Waals surface area contributed by atoms with Crippen molar-refractivity contribution >= 4 is 89.1 Å². The summed E-state index contributed by atoms with van der Waals surface area (Å²) in [4.78, 5) is 4.87. The predicted molar refractivity (Wildman–Crippen MR) is 309 cm³/mol. The first-order chi connectivity index (χ1) is 36.7. The Bertz CT molecular complexity index is 4230. The van der Waals surface area contributed by atoms with E-state index in [0.29, 0.717) is 0 Å². The number of fused-ring (bicyclic) bond motifs is 14. The molecule has 1 spiro atoms. The second-order valence-electron chi connectivity index (χ2n) is 19.9. The first-order valence-electron chi connectivity index (χ1n) is 25.8. The molecule has 0 N–H and O–H groups in total. The van der Waals surface area contributed by atoms with Gasteiger partial charge in [0.15, 0.2) is 5.58 Å². The fraction of sp³-hybridized carbons (Fsp3) is 0.0423. The van der Waals surface area contributed by atoms with Gasteiger partial charge in [0.25, 0.3) is 0 Å². The van der Waals surface area contributed by atoms with Gasteiger partial charge in [-0.05, 0) is 144 Å². The molecule has 1 aromatic heterocycles. The molecular weight excluding hydrogens is 897 g/mol. The van der Waals surface area contributed by atoms with Crippen molar-refractivity contribution in [1.82, 2.24) is 0 Å². The summed E-state index contributed by atoms with van der Waals surface area (Å²) in [6, 6.07) is 93.2. The number of para-hydroxylation sites is 2. The van der Waals surface area contributed by atoms with Crippen LogP contribution in [-0.4, -0.2) is 6.04 Å². The number of rotatable bonds is 7. The van der Waals surface area contributed by atoms with Gasteiger partial charge in [0.1, 0.15) is 5.58 Å². The van der Waals surface area contributed by atoms with E-state index in [1.165, 1.54) is 77.2 Å². The highest BCUT2D eigenvalue weighted by Gasteiger charge is 2.52. The topological polar surface area (TPSA) is 19.6 Å². The van der Waals surface area contributed by atoms with Crippen molar-refractivity contribution < 1.29 is 4.42 Å². The van der Waals surface area contributed by atoms with E-state index in [0.717, 1.165) is 56.8 Å². The lowest BCUT2D eigenvalue weighted by atomic mass is 9.65. The molecule has 11 aromatic carbocycles. The Kier molecular flexibility index (Phi) is 9.61. The average Bonchev–Trinajstić information content (AvgIpc) is 4.04. The Morgan fingerprint density at radius 1 is 0.419 bits per heavy atom. The average molecular weight is 945 g/mol. The third kappa shape index (κ3) is 6.46. The van der Waals surface area contributed by atoms with Gasteiger partial charge in [-0.2, -0.15) is 0 Å². The molecule has 12 aromatic rings. The van der Waals surface area contributed by atoms with E-state index in [9.17, 15) is 0 Å². The molecule has 0 fully saturated rings. The first-order valence-corrected chi connectivity index (χ1v) is 25.8. The maximum atomic E-state index is 7.21. The summed E-state index contributed by atoms with van der Waals surface area (Å²) in [6.07, 6.45) is 8.36. The van der Waals surface area contributed by atoms with Crippen LogP contribution in [0.15, 0.2) is 277 Å². The zero-order valence-electron chi connectivity index (χ0n) is 40.6. The largest absolute Gasteiger partial charge is 0.454 e. The van der Waals surface area contributed by atoms with Gasteiger partial charge in [-0.15, -0.1) is 0 Å². The molecule has 1 heterocycles. The Morgan fingerprint density at radius 2 is 1.00 bits per heavy atom. The van der Waals surface area contributed by atoms with Crippen LogP contribution in [0.5, 0.6) is 0 Å². The lowest BCUT2D eigenvalue weighted by Gasteiger charge is -2.38. The molecule has 348 valence electrons. The summed E-state index contributed by atoms with van der Waals surface area (Å²) < 4.78 is 7.21. The maximum absolute atomic E-state index is 7.21. The Balaban J connectivity index is 0.880. The van der Waals surface area contributed by atoms with Crippen LogP contribution in [0.3, 0.4) is 0 Å². The maximum Gasteiger partial charge on any atom is 0.159 e. The van der Waals surface area contributed by atoms with Crippen molar-refractivity contribution in [3.63, 3.8) is 0 Å². The van der Waals surface area contributed by atoms with Gasteiger partial charge in [-0.3, -0.25) is 0 Å². The molecule has 0 bridgehead atoms. The molecular formula is C71H48N2O. The molecule has 3 aliphatic rings. The van der Waals surface area contributed by atoms with E-state index >= 15 is 0 Å². The highest BCUT2D eigenvalue weighted by molar-refractivity contribution is 6.12. The second-order valence-corrected chi connectivity index (χ2v) is 19.9. The summed E-state index contributed by atoms with van der Waals surface area (Å²) in [7, 11) is 0. The van der Waals surface area contributed by atoms with Gasteiger partial charge < -0.3 is 14.2 Å². The summed E-state index contributed by atoms with van der Waals surface area (Å²) in [5, 5.41) is 6.95. The highest BCUT2D eigenvalue weighted by Crippen LogP contribution is 2.62. The number of furan rings is 1. The third-order valence-electron chi connectivity index (χ3n) is 15.9. The molecule has 2 unspecified atom stereocenters. The minimum atomic E-state index is -0.524. The van der Waals surface area contributed by atoms with Gasteiger partial charge >= 0.3 is 0 Å². The van der Waals surface area contributed by atoms with E-state index in [-0.39, 0.29) is 6.04 Å². The Hall–Kier alpha value is -9.44. The predicted octanol–water partition coefficient (Wildman–Crippen LogP) is 18.5. The molecule has 74 heavy (non-hydrogen) atoms. The summed E-state index contributed by atoms with van der Waals surface area (Å²) >= 11 is 0. The van der Waals surface area contributed by atoms with E-state index in [1.54, 1.807) is 0 Å². The SMILES string of the molecule is C1=C2C(=CCC1N(c1ccccc1)c1ccc3c(c1)oc1c(N(c4ccc5ccccc5c4)c4ccc5ccccc5c4)cccc13)C1(c3ccccc3C=C(c3ccccc3)c3ccccc31)c1ccccc12. The van der Waals surface area contributed by atoms with Gasteiger partial charge in [-0.1, -0.05) is 206 Å². The number of benzene rings is 11. The molecule has 0 radical (unpaired) electrons. The van der Waals surface area contributed by atoms with Gasteiger partial charge in [0.2, 0.25) is 0 Å². The van der Waals surface area contributed by atoms with Crippen molar-refractivity contribution in [2.45, 2.75) is 17.9 Å². The quantitative estimate of drug-likeness (QED) is 0.159. The first kappa shape index (κ1) is 42.3. The van der Waals surface area contributed by atoms with E-state index in [2.05, 4.69) is 283 Å². The number of hydrogen-bond donors (Lipinski definition) is 0. The van der Waals surface area contributed by atoms with E-state index < -0.39 is 5.41 Å². The van der Waals surface area contributed by atoms with Crippen LogP contribution in [0.4, 0.5) is 28.4 Å². The van der Waals surface area contributed by atoms with Gasteiger partial charge in [0.05, 0.1) is 17.1 Å². The molecule has 0 saturated carbocycles. The molecule has 0 aliphatic heterocycles. The fourth-order valence-electron chi connectivity index (χ4n) is 12.8. The zero-order valence-corrected chi connectivity index (χ0v) is 40.6. The van der Waals surface area contributed by atoms with Crippen molar-refractivity contribution in [1.29, 1.82) is 0 Å². The van der Waals surface area contributed by atoms with Crippen LogP contribution in [0.1, 0.15) is 45.4 Å². The van der Waals surface area contributed by atoms with Crippen LogP contribution in [0.2, 0.25) is 0 Å². The van der Waals surface area contributed by atoms with Crippen molar-refractivity contribution in [3.05, 3.63) is 311 Å². The number of nitrogens with zero attached hydrogens (tertiary/aromatic N) is 2. The molecule has 3 heteroatoms. The smallest absolute Gasteiger partial charge is 0.159 e. The molecule has 0 saturated heterocycles. The van der Waals surface area contributed by atoms with Crippen LogP contribution in [-0.2, 0) is 5.41 Å². The second kappa shape index (κ2) is 16.8. The number of anilines is 5. The van der Waals surface area contributed by atoms with Crippen molar-refractivity contribution in [2.75, 3.05) is 9.80 Å². The van der Waals surface area contributed by atoms with E-state index in [4.69, 9.17) is 4.42 Å². The highest BCUT2D eigenvalue weighted by atomic mass is 16.3. The third-order valence-corrected chi connectivity index (χ3v) is 15.9. The van der Waals surface area contributed by atoms with Crippen LogP contribution < -0.4 is 9.80 Å². The zero-order chi connectivity index (χ0) is 48.7. The van der Waals surface area contributed by atoms with Crippen LogP contribution >= 0.6 is 0 Å². The number of allylic oxidation sites excluding steroid dienone is 2. The monoisotopic (exact) mass is 944 g/mol. The molecule has 3 nitrogen and oxygen atoms in total. The summed E-state index contributed by atoms with van der Waals surface area (Å²) in [5.41, 5.74) is 19.4. The standard InChI is InChI=1S/C71H48N2O/c1-3-20-49(21-4-1)62-44-52-24-11-14-30-64(52)71(65-31-15-12-27-58(62)65)66-32-16-13-28-59(66)63-45-56(39-41-67(63)71)72(53-25-5-2-6-26-53)57-38-40-60-61-29-17-33-68(70(61)74-69(60)46-57)73(54-36-34-47-18-7-9-22-50(47)42-54)55-37-35-48-19-8-10-23-51(48)43-55/h1-38,40-46,56H,39H2. The van der Waals surface area contributed by atoms with Crippen molar-refractivity contribution in [2.24, 2.45) is 0 Å². The van der Waals surface area contributed by atoms with Gasteiger partial charge in [0, 0.05) is 39.6 Å². The van der Waals surface area contributed by atoms with Crippen LogP contribution in [0.25, 0.3) is 60.7 Å². The Morgan fingerprint density at radius 3 is 1.70 bits per heavy atom. The summed E-state index contributed by atoms with van der Waals surface area (Å²) in [6.45, 7) is 0. The fourth-order valence-corrected chi connectivity index (χ4v) is 12.8. The number of hydrogen-bond acceptors (Lipinski definition) is 3. The van der Waals surface area contributed by atoms with Crippen LogP contribution in [0, 0.1) is 0 Å². The van der Waals surface area contributed by atoms with Gasteiger partial charge in [-0.25, -0.2) is 0 Å². The normalized spacial score (nSPS) is 16.5. The minimum Gasteiger partial charge on any atom is -0.454 e. The molecule has 2 atom stereocenters. The molecule has 0 amide bonds.